The number of ether oxygens (including phenoxy) is 2. The molecule has 0 saturated heterocycles. The second-order valence-electron chi connectivity index (χ2n) is 7.16. The van der Waals surface area contributed by atoms with Gasteiger partial charge in [0.15, 0.2) is 0 Å². The third-order valence-corrected chi connectivity index (χ3v) is 7.83. The molecule has 5 nitrogen and oxygen atoms in total. The van der Waals surface area contributed by atoms with Crippen LogP contribution in [0.25, 0.3) is 0 Å². The average molecular weight is 510 g/mol. The molecule has 8 heteroatoms. The quantitative estimate of drug-likeness (QED) is 0.281. The van der Waals surface area contributed by atoms with Gasteiger partial charge >= 0.3 is 0 Å². The number of hydrogen-bond donors (Lipinski definition) is 1. The van der Waals surface area contributed by atoms with Gasteiger partial charge in [-0.1, -0.05) is 48.5 Å². The zero-order valence-corrected chi connectivity index (χ0v) is 21.5. The zero-order chi connectivity index (χ0) is 24.5. The Morgan fingerprint density at radius 1 is 0.824 bits per heavy atom. The van der Waals surface area contributed by atoms with Crippen LogP contribution in [-0.4, -0.2) is 20.8 Å². The van der Waals surface area contributed by atoms with E-state index in [4.69, 9.17) is 21.1 Å². The van der Waals surface area contributed by atoms with Crippen LogP contribution in [0.3, 0.4) is 0 Å². The Labute approximate surface area is 214 Å². The molecule has 0 bridgehead atoms. The summed E-state index contributed by atoms with van der Waals surface area (Å²) in [4.78, 5) is 3.43. The zero-order valence-electron chi connectivity index (χ0n) is 19.1. The fourth-order valence-electron chi connectivity index (χ4n) is 3.16. The molecule has 0 aromatic heterocycles. The van der Waals surface area contributed by atoms with Crippen molar-refractivity contribution in [3.05, 3.63) is 64.7 Å². The fraction of sp³-hybridized carbons (Fsp3) is 0.231. The summed E-state index contributed by atoms with van der Waals surface area (Å²) in [5.74, 6) is 1.51. The minimum absolute atomic E-state index is 0.179. The maximum absolute atomic E-state index is 9.96. The van der Waals surface area contributed by atoms with E-state index in [-0.39, 0.29) is 16.1 Å². The molecule has 0 aliphatic heterocycles. The van der Waals surface area contributed by atoms with Crippen molar-refractivity contribution in [1.29, 1.82) is 10.5 Å². The van der Waals surface area contributed by atoms with Gasteiger partial charge in [-0.05, 0) is 55.0 Å². The number of hydrogen-bond acceptors (Lipinski definition) is 7. The van der Waals surface area contributed by atoms with Crippen LogP contribution in [0.2, 0.25) is 5.02 Å². The number of methoxy groups -OCH3 is 2. The summed E-state index contributed by atoms with van der Waals surface area (Å²) >= 11 is 9.73. The van der Waals surface area contributed by atoms with Crippen molar-refractivity contribution in [3.8, 4) is 23.6 Å². The Morgan fingerprint density at radius 3 is 1.76 bits per heavy atom. The van der Waals surface area contributed by atoms with Gasteiger partial charge in [0.1, 0.15) is 23.6 Å². The number of nitrogens with zero attached hydrogens (tertiary/aromatic N) is 2. The molecule has 174 valence electrons. The molecule has 3 aromatic rings. The van der Waals surface area contributed by atoms with Crippen molar-refractivity contribution in [2.45, 2.75) is 39.3 Å². The van der Waals surface area contributed by atoms with E-state index in [0.29, 0.717) is 12.2 Å². The first-order chi connectivity index (χ1) is 16.6. The highest BCUT2D eigenvalue weighted by Crippen LogP contribution is 2.50. The first-order valence-electron chi connectivity index (χ1n) is 10.6. The lowest BCUT2D eigenvalue weighted by Crippen LogP contribution is -2.07. The maximum atomic E-state index is 9.96. The number of unbranched alkanes of at least 4 members (excludes halogenated alkanes) is 1. The Kier molecular flexibility index (Phi) is 9.42. The lowest BCUT2D eigenvalue weighted by molar-refractivity contribution is 0.414. The van der Waals surface area contributed by atoms with Crippen LogP contribution < -0.4 is 14.8 Å². The molecule has 3 rings (SSSR count). The monoisotopic (exact) mass is 509 g/mol. The van der Waals surface area contributed by atoms with Crippen molar-refractivity contribution in [1.82, 2.24) is 0 Å². The molecule has 0 amide bonds. The number of nitrogens with one attached hydrogen (secondary N) is 1. The second-order valence-corrected chi connectivity index (χ2v) is 9.70. The van der Waals surface area contributed by atoms with Gasteiger partial charge < -0.3 is 14.8 Å². The first kappa shape index (κ1) is 25.6. The molecule has 0 aliphatic rings. The molecular formula is C26H24ClN3O2S2. The number of anilines is 1. The SMILES string of the molecule is CCCCNc1c(C#N)c(C#N)c(Cl)c(Sc2ccc(OC)cc2)c1Sc1ccc(OC)cc1. The maximum Gasteiger partial charge on any atom is 0.118 e. The molecule has 0 saturated carbocycles. The Balaban J connectivity index is 2.18. The number of halogens is 1. The van der Waals surface area contributed by atoms with Gasteiger partial charge in [-0.2, -0.15) is 10.5 Å². The van der Waals surface area contributed by atoms with Crippen LogP contribution in [0.1, 0.15) is 30.9 Å². The number of rotatable bonds is 10. The van der Waals surface area contributed by atoms with Gasteiger partial charge in [0.2, 0.25) is 0 Å². The Morgan fingerprint density at radius 2 is 1.32 bits per heavy atom. The van der Waals surface area contributed by atoms with Crippen molar-refractivity contribution in [2.75, 3.05) is 26.1 Å². The van der Waals surface area contributed by atoms with E-state index in [2.05, 4.69) is 24.4 Å². The van der Waals surface area contributed by atoms with Crippen LogP contribution >= 0.6 is 35.1 Å². The van der Waals surface area contributed by atoms with Gasteiger partial charge in [0.05, 0.1) is 41.0 Å². The van der Waals surface area contributed by atoms with E-state index in [1.165, 1.54) is 23.5 Å². The van der Waals surface area contributed by atoms with Crippen molar-refractivity contribution in [2.24, 2.45) is 0 Å². The summed E-state index contributed by atoms with van der Waals surface area (Å²) in [6.45, 7) is 2.79. The topological polar surface area (TPSA) is 78.1 Å². The van der Waals surface area contributed by atoms with Gasteiger partial charge in [-0.15, -0.1) is 0 Å². The normalized spacial score (nSPS) is 10.3. The minimum Gasteiger partial charge on any atom is -0.497 e. The standard InChI is InChI=1S/C26H24ClN3O2S2/c1-4-5-14-30-24-22(16-29)21(15-28)23(27)25(33-19-10-6-17(31-2)7-11-19)26(24)34-20-12-8-18(32-3)9-13-20/h6-13,30H,4-5,14H2,1-3H3. The largest absolute Gasteiger partial charge is 0.497 e. The minimum atomic E-state index is 0.179. The molecule has 34 heavy (non-hydrogen) atoms. The number of benzene rings is 3. The van der Waals surface area contributed by atoms with Gasteiger partial charge in [0.25, 0.3) is 0 Å². The van der Waals surface area contributed by atoms with Crippen LogP contribution in [0.15, 0.2) is 68.1 Å². The van der Waals surface area contributed by atoms with E-state index in [9.17, 15) is 10.5 Å². The predicted molar refractivity (Wildman–Crippen MR) is 139 cm³/mol. The lowest BCUT2D eigenvalue weighted by atomic mass is 10.1. The van der Waals surface area contributed by atoms with Crippen molar-refractivity contribution >= 4 is 40.8 Å². The second kappa shape index (κ2) is 12.5. The van der Waals surface area contributed by atoms with E-state index in [1.54, 1.807) is 14.2 Å². The molecule has 0 unspecified atom stereocenters. The van der Waals surface area contributed by atoms with E-state index < -0.39 is 0 Å². The Hall–Kier alpha value is -2.97. The predicted octanol–water partition coefficient (Wildman–Crippen LogP) is 7.61. The number of nitriles is 2. The van der Waals surface area contributed by atoms with E-state index >= 15 is 0 Å². The molecule has 0 fully saturated rings. The van der Waals surface area contributed by atoms with Crippen LogP contribution in [0, 0.1) is 22.7 Å². The van der Waals surface area contributed by atoms with Crippen LogP contribution in [-0.2, 0) is 0 Å². The molecular weight excluding hydrogens is 486 g/mol. The molecule has 0 radical (unpaired) electrons. The van der Waals surface area contributed by atoms with Crippen molar-refractivity contribution < 1.29 is 9.47 Å². The van der Waals surface area contributed by atoms with Crippen LogP contribution in [0.4, 0.5) is 5.69 Å². The van der Waals surface area contributed by atoms with Crippen LogP contribution in [0.5, 0.6) is 11.5 Å². The molecule has 0 heterocycles. The molecule has 0 aliphatic carbocycles. The third-order valence-electron chi connectivity index (χ3n) is 4.97. The van der Waals surface area contributed by atoms with Gasteiger partial charge in [0, 0.05) is 21.2 Å². The average Bonchev–Trinajstić information content (AvgIpc) is 2.87. The molecule has 0 atom stereocenters. The Bertz CT molecular complexity index is 1220. The fourth-order valence-corrected chi connectivity index (χ4v) is 5.69. The molecule has 1 N–H and O–H groups in total. The van der Waals surface area contributed by atoms with Gasteiger partial charge in [-0.3, -0.25) is 0 Å². The van der Waals surface area contributed by atoms with E-state index in [0.717, 1.165) is 43.9 Å². The van der Waals surface area contributed by atoms with Crippen molar-refractivity contribution in [3.63, 3.8) is 0 Å². The summed E-state index contributed by atoms with van der Waals surface area (Å²) in [6, 6.07) is 19.7. The third kappa shape index (κ3) is 5.93. The van der Waals surface area contributed by atoms with E-state index in [1.807, 2.05) is 48.5 Å². The summed E-state index contributed by atoms with van der Waals surface area (Å²) in [5.41, 5.74) is 1.07. The summed E-state index contributed by atoms with van der Waals surface area (Å²) < 4.78 is 10.5. The lowest BCUT2D eigenvalue weighted by Gasteiger charge is -2.20. The summed E-state index contributed by atoms with van der Waals surface area (Å²) in [7, 11) is 3.25. The smallest absolute Gasteiger partial charge is 0.118 e. The summed E-state index contributed by atoms with van der Waals surface area (Å²) in [5, 5.41) is 23.5. The van der Waals surface area contributed by atoms with Gasteiger partial charge in [-0.25, -0.2) is 0 Å². The molecule has 3 aromatic carbocycles. The highest BCUT2D eigenvalue weighted by atomic mass is 35.5. The highest BCUT2D eigenvalue weighted by molar-refractivity contribution is 8.02. The highest BCUT2D eigenvalue weighted by Gasteiger charge is 2.25. The summed E-state index contributed by atoms with van der Waals surface area (Å²) in [6.07, 6.45) is 1.94. The molecule has 0 spiro atoms. The first-order valence-corrected chi connectivity index (χ1v) is 12.6.